The van der Waals surface area contributed by atoms with Gasteiger partial charge in [-0.15, -0.1) is 0 Å². The van der Waals surface area contributed by atoms with Gasteiger partial charge in [0.05, 0.1) is 16.3 Å². The zero-order valence-electron chi connectivity index (χ0n) is 19.9. The van der Waals surface area contributed by atoms with Crippen molar-refractivity contribution in [3.63, 3.8) is 0 Å². The molecule has 0 radical (unpaired) electrons. The minimum absolute atomic E-state index is 0.0966. The Kier molecular flexibility index (Phi) is 7.68. The molecule has 1 aromatic heterocycles. The van der Waals surface area contributed by atoms with Gasteiger partial charge in [0.2, 0.25) is 0 Å². The van der Waals surface area contributed by atoms with Crippen molar-refractivity contribution >= 4 is 23.3 Å². The number of hydrogen-bond acceptors (Lipinski definition) is 2. The highest BCUT2D eigenvalue weighted by Gasteiger charge is 2.41. The van der Waals surface area contributed by atoms with Crippen LogP contribution in [0.3, 0.4) is 0 Å². The van der Waals surface area contributed by atoms with Crippen molar-refractivity contribution in [3.05, 3.63) is 130 Å². The minimum Gasteiger partial charge on any atom is -0.322 e. The first-order valence-electron chi connectivity index (χ1n) is 11.4. The Morgan fingerprint density at radius 1 is 0.895 bits per heavy atom. The summed E-state index contributed by atoms with van der Waals surface area (Å²) >= 11 is 6.02. The fourth-order valence-corrected chi connectivity index (χ4v) is 4.31. The average Bonchev–Trinajstić information content (AvgIpc) is 2.83. The number of amides is 2. The fraction of sp³-hybridized carbons (Fsp3) is 0.143. The fourth-order valence-electron chi connectivity index (χ4n) is 4.20. The van der Waals surface area contributed by atoms with Crippen LogP contribution in [0.25, 0.3) is 0 Å². The van der Waals surface area contributed by atoms with Crippen molar-refractivity contribution in [2.45, 2.75) is 25.1 Å². The lowest BCUT2D eigenvalue weighted by molar-refractivity contribution is -0.137. The lowest BCUT2D eigenvalue weighted by Gasteiger charge is -2.36. The molecule has 0 saturated carbocycles. The van der Waals surface area contributed by atoms with Crippen LogP contribution < -0.4 is 10.6 Å². The van der Waals surface area contributed by atoms with Crippen LogP contribution >= 0.6 is 11.6 Å². The summed E-state index contributed by atoms with van der Waals surface area (Å²) in [6, 6.07) is 16.3. The van der Waals surface area contributed by atoms with Crippen LogP contribution in [-0.2, 0) is 18.1 Å². The van der Waals surface area contributed by atoms with E-state index in [-0.39, 0.29) is 28.4 Å². The van der Waals surface area contributed by atoms with Crippen molar-refractivity contribution in [3.8, 4) is 0 Å². The molecule has 4 nitrogen and oxygen atoms in total. The quantitative estimate of drug-likeness (QED) is 0.245. The monoisotopic (exact) mass is 545 g/mol. The number of alkyl halides is 3. The molecule has 3 aromatic carbocycles. The molecule has 0 unspecified atom stereocenters. The maximum absolute atomic E-state index is 14.7. The number of anilines is 1. The number of nitrogens with zero attached hydrogens (tertiary/aromatic N) is 1. The van der Waals surface area contributed by atoms with Crippen LogP contribution in [0.5, 0.6) is 0 Å². The summed E-state index contributed by atoms with van der Waals surface area (Å²) in [5.41, 5.74) is -1.52. The smallest absolute Gasteiger partial charge is 0.322 e. The highest BCUT2D eigenvalue weighted by atomic mass is 35.5. The molecule has 4 aromatic rings. The third-order valence-corrected chi connectivity index (χ3v) is 6.07. The first kappa shape index (κ1) is 27.1. The minimum atomic E-state index is -4.86. The van der Waals surface area contributed by atoms with Crippen LogP contribution in [0.15, 0.2) is 85.1 Å². The molecule has 196 valence electrons. The van der Waals surface area contributed by atoms with Crippen LogP contribution in [-0.4, -0.2) is 11.0 Å². The standard InChI is InChI=1S/C28H21ClF5N3O/c1-17-4-2-5-18(10-17)15-27(25-9-8-21(29)16-35-25,19-11-20(28(32,33)34)13-23(31)12-19)37-26(38)36-24-7-3-6-22(30)14-24/h2-14,16H,15H2,1H3,(H2,36,37,38)/t27-/m0/s1. The average molecular weight is 546 g/mol. The molecule has 0 aliphatic rings. The second-order valence-corrected chi connectivity index (χ2v) is 9.19. The van der Waals surface area contributed by atoms with Gasteiger partial charge in [-0.3, -0.25) is 4.98 Å². The van der Waals surface area contributed by atoms with Gasteiger partial charge in [-0.2, -0.15) is 13.2 Å². The molecule has 2 N–H and O–H groups in total. The molecule has 2 amide bonds. The molecule has 1 heterocycles. The van der Waals surface area contributed by atoms with Crippen molar-refractivity contribution < 1.29 is 26.7 Å². The van der Waals surface area contributed by atoms with E-state index in [9.17, 15) is 26.7 Å². The van der Waals surface area contributed by atoms with E-state index < -0.39 is 34.9 Å². The van der Waals surface area contributed by atoms with Crippen molar-refractivity contribution in [1.82, 2.24) is 10.3 Å². The molecular formula is C28H21ClF5N3O. The number of halogens is 6. The highest BCUT2D eigenvalue weighted by Crippen LogP contribution is 2.38. The van der Waals surface area contributed by atoms with E-state index in [0.29, 0.717) is 11.6 Å². The molecule has 0 spiro atoms. The number of carbonyl (C=O) groups is 1. The molecule has 0 aliphatic heterocycles. The number of benzene rings is 3. The van der Waals surface area contributed by atoms with E-state index in [2.05, 4.69) is 15.6 Å². The third kappa shape index (κ3) is 6.28. The predicted molar refractivity (Wildman–Crippen MR) is 135 cm³/mol. The molecular weight excluding hydrogens is 525 g/mol. The molecule has 0 fully saturated rings. The van der Waals surface area contributed by atoms with E-state index in [0.717, 1.165) is 23.8 Å². The van der Waals surface area contributed by atoms with E-state index in [1.54, 1.807) is 18.2 Å². The van der Waals surface area contributed by atoms with Gasteiger partial charge in [0.15, 0.2) is 0 Å². The summed E-state index contributed by atoms with van der Waals surface area (Å²) < 4.78 is 69.6. The Balaban J connectivity index is 1.92. The van der Waals surface area contributed by atoms with Gasteiger partial charge in [0, 0.05) is 18.3 Å². The SMILES string of the molecule is Cc1cccc(C[C@](NC(=O)Nc2cccc(F)c2)(c2cc(F)cc(C(F)(F)F)c2)c2ccc(Cl)cn2)c1. The zero-order chi connectivity index (χ0) is 27.5. The van der Waals surface area contributed by atoms with Crippen molar-refractivity contribution in [2.24, 2.45) is 0 Å². The second-order valence-electron chi connectivity index (χ2n) is 8.75. The largest absolute Gasteiger partial charge is 0.416 e. The van der Waals surface area contributed by atoms with Crippen molar-refractivity contribution in [1.29, 1.82) is 0 Å². The van der Waals surface area contributed by atoms with Gasteiger partial charge < -0.3 is 10.6 Å². The number of carbonyl (C=O) groups excluding carboxylic acids is 1. The van der Waals surface area contributed by atoms with Crippen LogP contribution in [0, 0.1) is 18.6 Å². The molecule has 38 heavy (non-hydrogen) atoms. The van der Waals surface area contributed by atoms with Gasteiger partial charge in [-0.25, -0.2) is 13.6 Å². The Morgan fingerprint density at radius 3 is 2.29 bits per heavy atom. The summed E-state index contributed by atoms with van der Waals surface area (Å²) in [6.07, 6.45) is -3.68. The van der Waals surface area contributed by atoms with Gasteiger partial charge in [0.1, 0.15) is 17.2 Å². The first-order valence-corrected chi connectivity index (χ1v) is 11.7. The van der Waals surface area contributed by atoms with Crippen molar-refractivity contribution in [2.75, 3.05) is 5.32 Å². The molecule has 0 aliphatic carbocycles. The number of hydrogen-bond donors (Lipinski definition) is 2. The molecule has 10 heteroatoms. The number of rotatable bonds is 6. The van der Waals surface area contributed by atoms with E-state index in [4.69, 9.17) is 11.6 Å². The van der Waals surface area contributed by atoms with E-state index >= 15 is 0 Å². The van der Waals surface area contributed by atoms with E-state index in [1.807, 2.05) is 13.0 Å². The number of aryl methyl sites for hydroxylation is 1. The lowest BCUT2D eigenvalue weighted by atomic mass is 9.79. The van der Waals surface area contributed by atoms with Gasteiger partial charge >= 0.3 is 12.2 Å². The van der Waals surface area contributed by atoms with Crippen LogP contribution in [0.2, 0.25) is 5.02 Å². The van der Waals surface area contributed by atoms with Crippen LogP contribution in [0.1, 0.15) is 27.9 Å². The number of pyridine rings is 1. The molecule has 0 saturated heterocycles. The first-order chi connectivity index (χ1) is 17.9. The topological polar surface area (TPSA) is 54.0 Å². The Labute approximate surface area is 220 Å². The Morgan fingerprint density at radius 2 is 1.63 bits per heavy atom. The summed E-state index contributed by atoms with van der Waals surface area (Å²) in [7, 11) is 0. The summed E-state index contributed by atoms with van der Waals surface area (Å²) in [4.78, 5) is 17.6. The number of aromatic nitrogens is 1. The molecule has 4 rings (SSSR count). The third-order valence-electron chi connectivity index (χ3n) is 5.84. The number of urea groups is 1. The second kappa shape index (κ2) is 10.8. The highest BCUT2D eigenvalue weighted by molar-refractivity contribution is 6.30. The maximum atomic E-state index is 14.7. The maximum Gasteiger partial charge on any atom is 0.416 e. The summed E-state index contributed by atoms with van der Waals surface area (Å²) in [5, 5.41) is 5.45. The van der Waals surface area contributed by atoms with Crippen LogP contribution in [0.4, 0.5) is 32.4 Å². The van der Waals surface area contributed by atoms with Gasteiger partial charge in [0.25, 0.3) is 0 Å². The predicted octanol–water partition coefficient (Wildman–Crippen LogP) is 7.65. The van der Waals surface area contributed by atoms with E-state index in [1.165, 1.54) is 36.5 Å². The zero-order valence-corrected chi connectivity index (χ0v) is 20.7. The Bertz CT molecular complexity index is 1460. The normalized spacial score (nSPS) is 13.0. The lowest BCUT2D eigenvalue weighted by Crippen LogP contribution is -2.50. The summed E-state index contributed by atoms with van der Waals surface area (Å²) in [5.74, 6) is -1.75. The number of nitrogens with one attached hydrogen (secondary N) is 2. The Hall–Kier alpha value is -3.98. The van der Waals surface area contributed by atoms with Gasteiger partial charge in [-0.1, -0.05) is 47.5 Å². The molecule has 0 bridgehead atoms. The molecule has 1 atom stereocenters. The van der Waals surface area contributed by atoms with Gasteiger partial charge in [-0.05, 0) is 66.6 Å². The summed E-state index contributed by atoms with van der Waals surface area (Å²) in [6.45, 7) is 1.83.